The molecule has 5 heteroatoms. The second-order valence-electron chi connectivity index (χ2n) is 5.65. The van der Waals surface area contributed by atoms with E-state index in [4.69, 9.17) is 0 Å². The molecule has 2 aromatic rings. The van der Waals surface area contributed by atoms with Crippen LogP contribution in [0.4, 0.5) is 5.69 Å². The van der Waals surface area contributed by atoms with Crippen molar-refractivity contribution in [3.05, 3.63) is 77.9 Å². The predicted octanol–water partition coefficient (Wildman–Crippen LogP) is 3.14. The largest absolute Gasteiger partial charge is 0.309 e. The fourth-order valence-electron chi connectivity index (χ4n) is 2.93. The van der Waals surface area contributed by atoms with Crippen LogP contribution in [-0.2, 0) is 0 Å². The molecule has 0 aromatic heterocycles. The number of hydrogen-bond acceptors (Lipinski definition) is 3. The molecule has 0 saturated heterocycles. The molecule has 1 aliphatic rings. The van der Waals surface area contributed by atoms with E-state index in [1.165, 1.54) is 12.1 Å². The molecule has 0 atom stereocenters. The number of imide groups is 1. The lowest BCUT2D eigenvalue weighted by Gasteiger charge is -2.21. The molecule has 3 amide bonds. The maximum absolute atomic E-state index is 12.9. The Morgan fingerprint density at radius 2 is 1.76 bits per heavy atom. The maximum Gasteiger partial charge on any atom is 0.261 e. The Bertz CT molecular complexity index is 858. The van der Waals surface area contributed by atoms with Crippen LogP contribution in [0.1, 0.15) is 38.0 Å². The van der Waals surface area contributed by atoms with Crippen molar-refractivity contribution in [2.45, 2.75) is 6.92 Å². The van der Waals surface area contributed by atoms with Gasteiger partial charge < -0.3 is 4.90 Å². The first-order chi connectivity index (χ1) is 12.1. The molecule has 25 heavy (non-hydrogen) atoms. The monoisotopic (exact) mass is 334 g/mol. The van der Waals surface area contributed by atoms with Crippen LogP contribution in [0, 0.1) is 0 Å². The number of fused-ring (bicyclic) bond motifs is 1. The van der Waals surface area contributed by atoms with Gasteiger partial charge in [-0.15, -0.1) is 6.58 Å². The summed E-state index contributed by atoms with van der Waals surface area (Å²) < 4.78 is 0. The summed E-state index contributed by atoms with van der Waals surface area (Å²) in [5.74, 6) is -0.953. The van der Waals surface area contributed by atoms with Gasteiger partial charge in [0.25, 0.3) is 17.7 Å². The molecule has 1 heterocycles. The smallest absolute Gasteiger partial charge is 0.261 e. The highest BCUT2D eigenvalue weighted by Gasteiger charge is 2.35. The number of amides is 3. The summed E-state index contributed by atoms with van der Waals surface area (Å²) in [6.07, 6.45) is 1.50. The standard InChI is InChI=1S/C20H18N2O3/c1-3-12-22-19(24)16-11-10-14(13-17(16)20(22)25)18(23)21(4-2)15-8-6-5-7-9-15/h3,5-11,13H,1,4,12H2,2H3. The third kappa shape index (κ3) is 2.85. The SMILES string of the molecule is C=CCN1C(=O)c2ccc(C(=O)N(CC)c3ccccc3)cc2C1=O. The molecular formula is C20H18N2O3. The van der Waals surface area contributed by atoms with Gasteiger partial charge in [-0.3, -0.25) is 19.3 Å². The Hall–Kier alpha value is -3.21. The molecule has 1 aliphatic heterocycles. The number of rotatable bonds is 5. The lowest BCUT2D eigenvalue weighted by molar-refractivity contribution is 0.0672. The summed E-state index contributed by atoms with van der Waals surface area (Å²) in [5.41, 5.74) is 1.75. The summed E-state index contributed by atoms with van der Waals surface area (Å²) in [5, 5.41) is 0. The highest BCUT2D eigenvalue weighted by Crippen LogP contribution is 2.25. The topological polar surface area (TPSA) is 57.7 Å². The number of para-hydroxylation sites is 1. The van der Waals surface area contributed by atoms with Gasteiger partial charge in [-0.05, 0) is 37.3 Å². The predicted molar refractivity (Wildman–Crippen MR) is 95.8 cm³/mol. The van der Waals surface area contributed by atoms with Gasteiger partial charge in [0, 0.05) is 24.3 Å². The van der Waals surface area contributed by atoms with Crippen molar-refractivity contribution >= 4 is 23.4 Å². The Kier molecular flexibility index (Phi) is 4.48. The number of carbonyl (C=O) groups excluding carboxylic acids is 3. The van der Waals surface area contributed by atoms with Gasteiger partial charge >= 0.3 is 0 Å². The molecule has 0 spiro atoms. The molecule has 5 nitrogen and oxygen atoms in total. The van der Waals surface area contributed by atoms with E-state index in [1.54, 1.807) is 17.0 Å². The van der Waals surface area contributed by atoms with Gasteiger partial charge in [-0.25, -0.2) is 0 Å². The van der Waals surface area contributed by atoms with Gasteiger partial charge in [0.2, 0.25) is 0 Å². The van der Waals surface area contributed by atoms with E-state index < -0.39 is 5.91 Å². The quantitative estimate of drug-likeness (QED) is 0.623. The van der Waals surface area contributed by atoms with Crippen LogP contribution < -0.4 is 4.90 Å². The fourth-order valence-corrected chi connectivity index (χ4v) is 2.93. The Balaban J connectivity index is 1.95. The minimum atomic E-state index is -0.391. The molecule has 0 radical (unpaired) electrons. The van der Waals surface area contributed by atoms with E-state index in [-0.39, 0.29) is 23.9 Å². The van der Waals surface area contributed by atoms with Crippen molar-refractivity contribution in [3.8, 4) is 0 Å². The number of anilines is 1. The Morgan fingerprint density at radius 1 is 1.08 bits per heavy atom. The van der Waals surface area contributed by atoms with Crippen LogP contribution >= 0.6 is 0 Å². The summed E-state index contributed by atoms with van der Waals surface area (Å²) in [4.78, 5) is 40.3. The summed E-state index contributed by atoms with van der Waals surface area (Å²) in [7, 11) is 0. The molecule has 0 saturated carbocycles. The van der Waals surface area contributed by atoms with Crippen molar-refractivity contribution < 1.29 is 14.4 Å². The lowest BCUT2D eigenvalue weighted by Crippen LogP contribution is -2.30. The number of benzene rings is 2. The zero-order valence-corrected chi connectivity index (χ0v) is 13.9. The fraction of sp³-hybridized carbons (Fsp3) is 0.150. The van der Waals surface area contributed by atoms with Crippen LogP contribution in [0.25, 0.3) is 0 Å². The highest BCUT2D eigenvalue weighted by molar-refractivity contribution is 6.22. The van der Waals surface area contributed by atoms with Crippen molar-refractivity contribution in [2.24, 2.45) is 0 Å². The normalized spacial score (nSPS) is 12.9. The van der Waals surface area contributed by atoms with Gasteiger partial charge in [-0.2, -0.15) is 0 Å². The van der Waals surface area contributed by atoms with Crippen LogP contribution in [0.2, 0.25) is 0 Å². The maximum atomic E-state index is 12.9. The first-order valence-corrected chi connectivity index (χ1v) is 8.06. The van der Waals surface area contributed by atoms with Crippen LogP contribution in [0.15, 0.2) is 61.2 Å². The molecule has 3 rings (SSSR count). The zero-order chi connectivity index (χ0) is 18.0. The number of nitrogens with zero attached hydrogens (tertiary/aromatic N) is 2. The molecule has 0 aliphatic carbocycles. The lowest BCUT2D eigenvalue weighted by atomic mass is 10.0. The zero-order valence-electron chi connectivity index (χ0n) is 13.9. The van der Waals surface area contributed by atoms with Gasteiger partial charge in [-0.1, -0.05) is 24.3 Å². The van der Waals surface area contributed by atoms with E-state index in [0.717, 1.165) is 10.6 Å². The highest BCUT2D eigenvalue weighted by atomic mass is 16.2. The van der Waals surface area contributed by atoms with Crippen molar-refractivity contribution in [1.29, 1.82) is 0 Å². The van der Waals surface area contributed by atoms with Gasteiger partial charge in [0.05, 0.1) is 11.1 Å². The molecule has 0 fully saturated rings. The summed E-state index contributed by atoms with van der Waals surface area (Å²) in [6, 6.07) is 14.0. The minimum Gasteiger partial charge on any atom is -0.309 e. The van der Waals surface area contributed by atoms with Crippen molar-refractivity contribution in [1.82, 2.24) is 4.90 Å². The second kappa shape index (κ2) is 6.73. The molecule has 0 N–H and O–H groups in total. The summed E-state index contributed by atoms with van der Waals surface area (Å²) in [6.45, 7) is 6.10. The molecule has 126 valence electrons. The van der Waals surface area contributed by atoms with E-state index in [1.807, 2.05) is 37.3 Å². The van der Waals surface area contributed by atoms with E-state index in [0.29, 0.717) is 17.7 Å². The van der Waals surface area contributed by atoms with E-state index in [9.17, 15) is 14.4 Å². The third-order valence-corrected chi connectivity index (χ3v) is 4.16. The summed E-state index contributed by atoms with van der Waals surface area (Å²) >= 11 is 0. The van der Waals surface area contributed by atoms with Crippen molar-refractivity contribution in [2.75, 3.05) is 18.0 Å². The Labute approximate surface area is 146 Å². The van der Waals surface area contributed by atoms with Crippen LogP contribution in [0.3, 0.4) is 0 Å². The average molecular weight is 334 g/mol. The first kappa shape index (κ1) is 16.6. The second-order valence-corrected chi connectivity index (χ2v) is 5.65. The van der Waals surface area contributed by atoms with Gasteiger partial charge in [0.15, 0.2) is 0 Å². The van der Waals surface area contributed by atoms with E-state index in [2.05, 4.69) is 6.58 Å². The van der Waals surface area contributed by atoms with Crippen molar-refractivity contribution in [3.63, 3.8) is 0 Å². The first-order valence-electron chi connectivity index (χ1n) is 8.06. The number of carbonyl (C=O) groups is 3. The Morgan fingerprint density at radius 3 is 2.40 bits per heavy atom. The van der Waals surface area contributed by atoms with Crippen LogP contribution in [0.5, 0.6) is 0 Å². The molecule has 0 bridgehead atoms. The third-order valence-electron chi connectivity index (χ3n) is 4.16. The average Bonchev–Trinajstić information content (AvgIpc) is 2.88. The molecule has 0 unspecified atom stereocenters. The van der Waals surface area contributed by atoms with Crippen LogP contribution in [-0.4, -0.2) is 35.7 Å². The van der Waals surface area contributed by atoms with Gasteiger partial charge in [0.1, 0.15) is 0 Å². The minimum absolute atomic E-state index is 0.153. The number of hydrogen-bond donors (Lipinski definition) is 0. The molecular weight excluding hydrogens is 316 g/mol. The van der Waals surface area contributed by atoms with E-state index >= 15 is 0 Å². The molecule has 2 aromatic carbocycles.